The molecule has 0 N–H and O–H groups in total. The highest BCUT2D eigenvalue weighted by Gasteiger charge is 2.04. The maximum atomic E-state index is 6.17. The van der Waals surface area contributed by atoms with Gasteiger partial charge in [-0.05, 0) is 30.7 Å². The molecule has 0 saturated heterocycles. The molecule has 2 aromatic carbocycles. The molecule has 0 saturated carbocycles. The van der Waals surface area contributed by atoms with E-state index in [1.165, 1.54) is 5.56 Å². The van der Waals surface area contributed by atoms with Crippen LogP contribution in [-0.4, -0.2) is 7.11 Å². The van der Waals surface area contributed by atoms with Crippen LogP contribution >= 0.6 is 11.6 Å². The lowest BCUT2D eigenvalue weighted by molar-refractivity contribution is 0.415. The Morgan fingerprint density at radius 2 is 1.69 bits per heavy atom. The predicted octanol–water partition coefficient (Wildman–Crippen LogP) is 4.32. The van der Waals surface area contributed by atoms with E-state index in [4.69, 9.17) is 16.3 Å². The Morgan fingerprint density at radius 3 is 2.31 bits per heavy atom. The van der Waals surface area contributed by atoms with Gasteiger partial charge < -0.3 is 4.74 Å². The molecule has 0 unspecified atom stereocenters. The first-order valence-corrected chi connectivity index (χ1v) is 5.49. The number of hydrogen-bond donors (Lipinski definition) is 0. The Kier molecular flexibility index (Phi) is 3.16. The second-order valence-corrected chi connectivity index (χ2v) is 4.12. The molecule has 0 aliphatic carbocycles. The van der Waals surface area contributed by atoms with Crippen molar-refractivity contribution in [2.24, 2.45) is 0 Å². The Balaban J connectivity index is 2.50. The smallest absolute Gasteiger partial charge is 0.119 e. The van der Waals surface area contributed by atoms with E-state index in [0.717, 1.165) is 21.9 Å². The lowest BCUT2D eigenvalue weighted by atomic mass is 10.0. The largest absolute Gasteiger partial charge is 0.497 e. The van der Waals surface area contributed by atoms with E-state index in [2.05, 4.69) is 31.2 Å². The Morgan fingerprint density at radius 1 is 1.00 bits per heavy atom. The van der Waals surface area contributed by atoms with Gasteiger partial charge in [0.15, 0.2) is 0 Å². The molecule has 0 heterocycles. The van der Waals surface area contributed by atoms with Gasteiger partial charge in [0.1, 0.15) is 5.75 Å². The van der Waals surface area contributed by atoms with Crippen LogP contribution in [0.4, 0.5) is 0 Å². The van der Waals surface area contributed by atoms with Crippen molar-refractivity contribution < 1.29 is 4.74 Å². The van der Waals surface area contributed by atoms with Crippen LogP contribution in [0.3, 0.4) is 0 Å². The Hall–Kier alpha value is -1.47. The average molecular weight is 233 g/mol. The fourth-order valence-corrected chi connectivity index (χ4v) is 1.81. The maximum absolute atomic E-state index is 6.17. The summed E-state index contributed by atoms with van der Waals surface area (Å²) >= 11 is 6.17. The van der Waals surface area contributed by atoms with Crippen molar-refractivity contribution in [1.82, 2.24) is 0 Å². The molecular formula is C14H13ClO. The first-order valence-electron chi connectivity index (χ1n) is 5.11. The molecular weight excluding hydrogens is 220 g/mol. The minimum absolute atomic E-state index is 0.740. The number of hydrogen-bond acceptors (Lipinski definition) is 1. The second-order valence-electron chi connectivity index (χ2n) is 3.71. The number of aryl methyl sites for hydroxylation is 1. The number of benzene rings is 2. The van der Waals surface area contributed by atoms with Crippen LogP contribution in [0.5, 0.6) is 5.75 Å². The summed E-state index contributed by atoms with van der Waals surface area (Å²) in [7, 11) is 1.65. The zero-order valence-corrected chi connectivity index (χ0v) is 10.1. The van der Waals surface area contributed by atoms with E-state index in [1.807, 2.05) is 18.2 Å². The average Bonchev–Trinajstić information content (AvgIpc) is 2.31. The lowest BCUT2D eigenvalue weighted by Crippen LogP contribution is -1.85. The van der Waals surface area contributed by atoms with E-state index in [0.29, 0.717) is 0 Å². The van der Waals surface area contributed by atoms with Gasteiger partial charge in [-0.1, -0.05) is 41.4 Å². The standard InChI is InChI=1S/C14H13ClO/c1-10-3-5-11(6-4-10)13-9-12(16-2)7-8-14(13)15/h3-9H,1-2H3. The van der Waals surface area contributed by atoms with E-state index < -0.39 is 0 Å². The lowest BCUT2D eigenvalue weighted by Gasteiger charge is -2.07. The van der Waals surface area contributed by atoms with E-state index in [-0.39, 0.29) is 0 Å². The molecule has 0 atom stereocenters. The molecule has 0 fully saturated rings. The molecule has 0 aliphatic heterocycles. The van der Waals surface area contributed by atoms with Gasteiger partial charge in [-0.3, -0.25) is 0 Å². The molecule has 0 aromatic heterocycles. The first kappa shape index (κ1) is 11.0. The van der Waals surface area contributed by atoms with Crippen LogP contribution < -0.4 is 4.74 Å². The van der Waals surface area contributed by atoms with Gasteiger partial charge in [-0.25, -0.2) is 0 Å². The first-order chi connectivity index (χ1) is 7.70. The van der Waals surface area contributed by atoms with Crippen molar-refractivity contribution in [2.75, 3.05) is 7.11 Å². The third-order valence-corrected chi connectivity index (χ3v) is 2.87. The van der Waals surface area contributed by atoms with Gasteiger partial charge in [0.2, 0.25) is 0 Å². The van der Waals surface area contributed by atoms with Crippen molar-refractivity contribution in [3.8, 4) is 16.9 Å². The van der Waals surface area contributed by atoms with E-state index in [9.17, 15) is 0 Å². The minimum Gasteiger partial charge on any atom is -0.497 e. The van der Waals surface area contributed by atoms with Crippen LogP contribution in [0.15, 0.2) is 42.5 Å². The summed E-state index contributed by atoms with van der Waals surface area (Å²) in [5.74, 6) is 0.819. The molecule has 2 heteroatoms. The molecule has 1 nitrogen and oxygen atoms in total. The third-order valence-electron chi connectivity index (χ3n) is 2.54. The molecule has 16 heavy (non-hydrogen) atoms. The highest BCUT2D eigenvalue weighted by molar-refractivity contribution is 6.33. The SMILES string of the molecule is COc1ccc(Cl)c(-c2ccc(C)cc2)c1. The van der Waals surface area contributed by atoms with Crippen molar-refractivity contribution in [3.05, 3.63) is 53.1 Å². The Labute approximate surface area is 101 Å². The van der Waals surface area contributed by atoms with Crippen molar-refractivity contribution >= 4 is 11.6 Å². The molecule has 2 aromatic rings. The maximum Gasteiger partial charge on any atom is 0.119 e. The molecule has 2 rings (SSSR count). The van der Waals surface area contributed by atoms with Crippen LogP contribution in [-0.2, 0) is 0 Å². The molecule has 0 spiro atoms. The van der Waals surface area contributed by atoms with Gasteiger partial charge in [-0.15, -0.1) is 0 Å². The molecule has 0 bridgehead atoms. The van der Waals surface area contributed by atoms with Crippen LogP contribution in [0.1, 0.15) is 5.56 Å². The zero-order valence-electron chi connectivity index (χ0n) is 9.33. The van der Waals surface area contributed by atoms with Gasteiger partial charge in [0, 0.05) is 10.6 Å². The highest BCUT2D eigenvalue weighted by atomic mass is 35.5. The van der Waals surface area contributed by atoms with Gasteiger partial charge in [0.05, 0.1) is 7.11 Å². The number of ether oxygens (including phenoxy) is 1. The normalized spacial score (nSPS) is 10.2. The predicted molar refractivity (Wildman–Crippen MR) is 68.2 cm³/mol. The van der Waals surface area contributed by atoms with Crippen molar-refractivity contribution in [2.45, 2.75) is 6.92 Å². The van der Waals surface area contributed by atoms with Crippen LogP contribution in [0.25, 0.3) is 11.1 Å². The highest BCUT2D eigenvalue weighted by Crippen LogP contribution is 2.31. The fraction of sp³-hybridized carbons (Fsp3) is 0.143. The van der Waals surface area contributed by atoms with Gasteiger partial charge in [-0.2, -0.15) is 0 Å². The summed E-state index contributed by atoms with van der Waals surface area (Å²) in [4.78, 5) is 0. The summed E-state index contributed by atoms with van der Waals surface area (Å²) in [6.07, 6.45) is 0. The molecule has 82 valence electrons. The molecule has 0 aliphatic rings. The van der Waals surface area contributed by atoms with Gasteiger partial charge >= 0.3 is 0 Å². The van der Waals surface area contributed by atoms with E-state index >= 15 is 0 Å². The Bertz CT molecular complexity index is 489. The summed E-state index contributed by atoms with van der Waals surface area (Å²) < 4.78 is 5.20. The number of rotatable bonds is 2. The summed E-state index contributed by atoms with van der Waals surface area (Å²) in [5.41, 5.74) is 3.35. The minimum atomic E-state index is 0.740. The zero-order chi connectivity index (χ0) is 11.5. The third kappa shape index (κ3) is 2.20. The second kappa shape index (κ2) is 4.58. The topological polar surface area (TPSA) is 9.23 Å². The molecule has 0 radical (unpaired) electrons. The summed E-state index contributed by atoms with van der Waals surface area (Å²) in [6, 6.07) is 13.9. The van der Waals surface area contributed by atoms with Crippen molar-refractivity contribution in [1.29, 1.82) is 0 Å². The van der Waals surface area contributed by atoms with Crippen molar-refractivity contribution in [3.63, 3.8) is 0 Å². The van der Waals surface area contributed by atoms with E-state index in [1.54, 1.807) is 7.11 Å². The molecule has 0 amide bonds. The van der Waals surface area contributed by atoms with Crippen LogP contribution in [0.2, 0.25) is 5.02 Å². The van der Waals surface area contributed by atoms with Crippen LogP contribution in [0, 0.1) is 6.92 Å². The quantitative estimate of drug-likeness (QED) is 0.749. The fourth-order valence-electron chi connectivity index (χ4n) is 1.59. The monoisotopic (exact) mass is 232 g/mol. The van der Waals surface area contributed by atoms with Gasteiger partial charge in [0.25, 0.3) is 0 Å². The summed E-state index contributed by atoms with van der Waals surface area (Å²) in [5, 5.41) is 0.740. The number of halogens is 1. The number of methoxy groups -OCH3 is 1. The summed E-state index contributed by atoms with van der Waals surface area (Å²) in [6.45, 7) is 2.07.